The molecule has 0 aromatic heterocycles. The summed E-state index contributed by atoms with van der Waals surface area (Å²) in [6.07, 6.45) is 3.41. The molecule has 1 unspecified atom stereocenters. The molecule has 2 nitrogen and oxygen atoms in total. The average Bonchev–Trinajstić information content (AvgIpc) is 1.94. The van der Waals surface area contributed by atoms with Crippen LogP contribution in [0.2, 0.25) is 0 Å². The van der Waals surface area contributed by atoms with Gasteiger partial charge in [-0.15, -0.1) is 0 Å². The molecule has 0 saturated carbocycles. The number of hydrogen-bond donors (Lipinski definition) is 0. The lowest BCUT2D eigenvalue weighted by Gasteiger charge is -2.32. The summed E-state index contributed by atoms with van der Waals surface area (Å²) in [6, 6.07) is 0. The van der Waals surface area contributed by atoms with Gasteiger partial charge in [-0.1, -0.05) is 44.0 Å². The Morgan fingerprint density at radius 1 is 1.54 bits per heavy atom. The molecule has 4 heteroatoms. The van der Waals surface area contributed by atoms with Crippen molar-refractivity contribution in [2.45, 2.75) is 26.4 Å². The summed E-state index contributed by atoms with van der Waals surface area (Å²) in [5.74, 6) is 0. The van der Waals surface area contributed by atoms with E-state index < -0.39 is 0 Å². The predicted octanol–water partition coefficient (Wildman–Crippen LogP) is 3.02. The van der Waals surface area contributed by atoms with Crippen LogP contribution in [0.25, 0.3) is 0 Å². The van der Waals surface area contributed by atoms with Crippen molar-refractivity contribution in [1.29, 1.82) is 0 Å². The Bertz CT molecular complexity index is 240. The summed E-state index contributed by atoms with van der Waals surface area (Å²) in [5, 5.41) is 0.626. The lowest BCUT2D eigenvalue weighted by molar-refractivity contribution is 0.238. The van der Waals surface area contributed by atoms with Crippen molar-refractivity contribution in [2.24, 2.45) is 10.4 Å². The molecule has 0 aromatic rings. The van der Waals surface area contributed by atoms with Gasteiger partial charge in [0.2, 0.25) is 0 Å². The van der Waals surface area contributed by atoms with Gasteiger partial charge in [-0.2, -0.15) is 0 Å². The van der Waals surface area contributed by atoms with E-state index in [2.05, 4.69) is 25.8 Å². The Morgan fingerprint density at radius 3 is 2.69 bits per heavy atom. The standard InChI is InChI=1S/C9H14Cl2N2/c1-9(2,3)6-13-5-7(10)4-12-8(13)11/h4-5,8H,6H2,1-3H3. The first-order valence-corrected chi connectivity index (χ1v) is 5.00. The van der Waals surface area contributed by atoms with E-state index in [4.69, 9.17) is 23.2 Å². The molecule has 74 valence electrons. The molecule has 0 fully saturated rings. The minimum atomic E-state index is -0.318. The molecular weight excluding hydrogens is 207 g/mol. The molecule has 0 amide bonds. The van der Waals surface area contributed by atoms with Crippen molar-refractivity contribution in [3.63, 3.8) is 0 Å². The number of rotatable bonds is 1. The van der Waals surface area contributed by atoms with Crippen LogP contribution < -0.4 is 0 Å². The summed E-state index contributed by atoms with van der Waals surface area (Å²) in [4.78, 5) is 5.98. The van der Waals surface area contributed by atoms with E-state index >= 15 is 0 Å². The Morgan fingerprint density at radius 2 is 2.15 bits per heavy atom. The third-order valence-corrected chi connectivity index (χ3v) is 2.10. The van der Waals surface area contributed by atoms with E-state index in [0.717, 1.165) is 6.54 Å². The van der Waals surface area contributed by atoms with Crippen molar-refractivity contribution >= 4 is 29.4 Å². The highest BCUT2D eigenvalue weighted by Gasteiger charge is 2.21. The molecule has 0 saturated heterocycles. The number of nitrogens with zero attached hydrogens (tertiary/aromatic N) is 2. The smallest absolute Gasteiger partial charge is 0.197 e. The van der Waals surface area contributed by atoms with Gasteiger partial charge in [0.1, 0.15) is 0 Å². The fraction of sp³-hybridized carbons (Fsp3) is 0.667. The topological polar surface area (TPSA) is 15.6 Å². The van der Waals surface area contributed by atoms with Gasteiger partial charge in [-0.05, 0) is 5.41 Å². The van der Waals surface area contributed by atoms with Crippen molar-refractivity contribution in [3.05, 3.63) is 11.2 Å². The summed E-state index contributed by atoms with van der Waals surface area (Å²) in [7, 11) is 0. The molecule has 1 rings (SSSR count). The van der Waals surface area contributed by atoms with Gasteiger partial charge in [-0.25, -0.2) is 0 Å². The number of aliphatic imine (C=N–C) groups is 1. The molecule has 13 heavy (non-hydrogen) atoms. The van der Waals surface area contributed by atoms with Gasteiger partial charge in [-0.3, -0.25) is 4.99 Å². The molecule has 1 aliphatic rings. The van der Waals surface area contributed by atoms with Crippen LogP contribution in [0.5, 0.6) is 0 Å². The molecule has 0 aliphatic carbocycles. The van der Waals surface area contributed by atoms with Gasteiger partial charge >= 0.3 is 0 Å². The van der Waals surface area contributed by atoms with E-state index in [1.54, 1.807) is 6.21 Å². The van der Waals surface area contributed by atoms with E-state index in [1.807, 2.05) is 11.1 Å². The molecular formula is C9H14Cl2N2. The fourth-order valence-electron chi connectivity index (χ4n) is 1.14. The van der Waals surface area contributed by atoms with Crippen molar-refractivity contribution < 1.29 is 0 Å². The van der Waals surface area contributed by atoms with Crippen LogP contribution in [0, 0.1) is 5.41 Å². The van der Waals surface area contributed by atoms with Crippen LogP contribution in [0.4, 0.5) is 0 Å². The van der Waals surface area contributed by atoms with Crippen molar-refractivity contribution in [1.82, 2.24) is 4.90 Å². The molecule has 0 radical (unpaired) electrons. The first kappa shape index (κ1) is 10.9. The molecule has 0 spiro atoms. The second kappa shape index (κ2) is 3.89. The van der Waals surface area contributed by atoms with Gasteiger partial charge in [0, 0.05) is 19.0 Å². The van der Waals surface area contributed by atoms with Crippen LogP contribution in [-0.4, -0.2) is 23.3 Å². The fourth-order valence-corrected chi connectivity index (χ4v) is 1.50. The quantitative estimate of drug-likeness (QED) is 0.490. The number of allylic oxidation sites excluding steroid dienone is 1. The average molecular weight is 221 g/mol. The summed E-state index contributed by atoms with van der Waals surface area (Å²) in [6.45, 7) is 7.29. The molecule has 0 N–H and O–H groups in total. The zero-order valence-corrected chi connectivity index (χ0v) is 9.60. The molecule has 0 aromatic carbocycles. The lowest BCUT2D eigenvalue weighted by atomic mass is 9.96. The predicted molar refractivity (Wildman–Crippen MR) is 58.2 cm³/mol. The third kappa shape index (κ3) is 3.57. The van der Waals surface area contributed by atoms with Crippen LogP contribution >= 0.6 is 23.2 Å². The Hall–Kier alpha value is -0.210. The maximum atomic E-state index is 5.98. The van der Waals surface area contributed by atoms with E-state index in [9.17, 15) is 0 Å². The van der Waals surface area contributed by atoms with E-state index in [0.29, 0.717) is 5.03 Å². The van der Waals surface area contributed by atoms with Crippen LogP contribution in [-0.2, 0) is 0 Å². The second-order valence-electron chi connectivity index (χ2n) is 4.34. The van der Waals surface area contributed by atoms with Crippen LogP contribution in [0.3, 0.4) is 0 Å². The highest BCUT2D eigenvalue weighted by molar-refractivity contribution is 6.39. The zero-order chi connectivity index (χ0) is 10.1. The highest BCUT2D eigenvalue weighted by Crippen LogP contribution is 2.22. The minimum absolute atomic E-state index is 0.188. The Balaban J connectivity index is 2.65. The number of alkyl halides is 1. The van der Waals surface area contributed by atoms with Gasteiger partial charge in [0.25, 0.3) is 0 Å². The van der Waals surface area contributed by atoms with Crippen molar-refractivity contribution in [3.8, 4) is 0 Å². The first-order valence-electron chi connectivity index (χ1n) is 4.19. The SMILES string of the molecule is CC(C)(C)CN1C=C(Cl)C=NC1Cl. The maximum Gasteiger partial charge on any atom is 0.197 e. The molecule has 1 aliphatic heterocycles. The van der Waals surface area contributed by atoms with Crippen molar-refractivity contribution in [2.75, 3.05) is 6.54 Å². The summed E-state index contributed by atoms with van der Waals surface area (Å²) >= 11 is 11.8. The van der Waals surface area contributed by atoms with Gasteiger partial charge < -0.3 is 4.90 Å². The summed E-state index contributed by atoms with van der Waals surface area (Å²) in [5.41, 5.74) is -0.130. The van der Waals surface area contributed by atoms with Crippen LogP contribution in [0.15, 0.2) is 16.2 Å². The molecule has 1 atom stereocenters. The number of halogens is 2. The number of hydrogen-bond acceptors (Lipinski definition) is 2. The largest absolute Gasteiger partial charge is 0.342 e. The van der Waals surface area contributed by atoms with E-state index in [-0.39, 0.29) is 11.0 Å². The van der Waals surface area contributed by atoms with Crippen LogP contribution in [0.1, 0.15) is 20.8 Å². The van der Waals surface area contributed by atoms with E-state index in [1.165, 1.54) is 0 Å². The first-order chi connectivity index (χ1) is 5.88. The minimum Gasteiger partial charge on any atom is -0.342 e. The van der Waals surface area contributed by atoms with Gasteiger partial charge in [0.15, 0.2) is 5.62 Å². The maximum absolute atomic E-state index is 5.98. The zero-order valence-electron chi connectivity index (χ0n) is 8.09. The highest BCUT2D eigenvalue weighted by atomic mass is 35.5. The second-order valence-corrected chi connectivity index (χ2v) is 5.16. The monoisotopic (exact) mass is 220 g/mol. The normalized spacial score (nSPS) is 23.3. The third-order valence-electron chi connectivity index (χ3n) is 1.54. The van der Waals surface area contributed by atoms with Gasteiger partial charge in [0.05, 0.1) is 5.03 Å². The Kier molecular flexibility index (Phi) is 3.25. The summed E-state index contributed by atoms with van der Waals surface area (Å²) < 4.78 is 0. The molecule has 0 bridgehead atoms. The molecule has 1 heterocycles. The lowest BCUT2D eigenvalue weighted by Crippen LogP contribution is -2.34. The Labute approximate surface area is 89.2 Å².